The quantitative estimate of drug-likeness (QED) is 0.315. The fourth-order valence-corrected chi connectivity index (χ4v) is 5.60. The molecule has 1 saturated heterocycles. The number of ketones is 1. The van der Waals surface area contributed by atoms with Crippen LogP contribution in [0.3, 0.4) is 0 Å². The molecule has 0 aliphatic carbocycles. The number of halogens is 1. The first-order valence-corrected chi connectivity index (χ1v) is 12.4. The van der Waals surface area contributed by atoms with Gasteiger partial charge in [-0.25, -0.2) is 9.07 Å². The molecule has 1 aliphatic rings. The summed E-state index contributed by atoms with van der Waals surface area (Å²) in [5, 5.41) is 9.25. The summed E-state index contributed by atoms with van der Waals surface area (Å²) in [6, 6.07) is 10.6. The Morgan fingerprint density at radius 2 is 1.84 bits per heavy atom. The second-order valence-corrected chi connectivity index (χ2v) is 9.70. The van der Waals surface area contributed by atoms with Gasteiger partial charge in [-0.15, -0.1) is 5.10 Å². The van der Waals surface area contributed by atoms with Crippen molar-refractivity contribution in [3.8, 4) is 11.3 Å². The molecule has 0 spiro atoms. The summed E-state index contributed by atoms with van der Waals surface area (Å²) >= 11 is 0. The number of hydrogen-bond acceptors (Lipinski definition) is 6. The van der Waals surface area contributed by atoms with E-state index in [1.165, 1.54) is 19.1 Å². The number of aryl methyl sites for hydroxylation is 2. The standard InChI is InChI=1S/C28H27FN6O2/c1-16-27(34(3)33-32-16)20-12-25-26(31-14-20)22-15-30-23(17(2)36)13-24(22)35(25)28(19-8-10-37-11-9-19)18-4-6-21(29)7-5-18/h4-7,12-15,19,28H,8-11H2,1-3H3/t28-/m0/s1. The minimum Gasteiger partial charge on any atom is -0.381 e. The van der Waals surface area contributed by atoms with Gasteiger partial charge in [0.05, 0.1) is 34.0 Å². The maximum atomic E-state index is 14.0. The number of benzene rings is 1. The second-order valence-electron chi connectivity index (χ2n) is 9.70. The Kier molecular flexibility index (Phi) is 5.79. The van der Waals surface area contributed by atoms with Crippen LogP contribution in [0.25, 0.3) is 33.2 Å². The van der Waals surface area contributed by atoms with E-state index in [0.29, 0.717) is 18.9 Å². The monoisotopic (exact) mass is 498 g/mol. The lowest BCUT2D eigenvalue weighted by molar-refractivity contribution is 0.0552. The number of carbonyl (C=O) groups is 1. The number of Topliss-reactive ketones (excluding diaryl/α,β-unsaturated/α-hetero) is 1. The summed E-state index contributed by atoms with van der Waals surface area (Å²) in [5.41, 5.74) is 6.58. The summed E-state index contributed by atoms with van der Waals surface area (Å²) in [6.45, 7) is 4.78. The SMILES string of the molecule is CC(=O)c1cc2c(cn1)c1ncc(-c3c(C)nnn3C)cc1n2[C@@H](c1ccc(F)cc1)C1CCOCC1. The molecule has 1 aliphatic heterocycles. The average Bonchev–Trinajstić information content (AvgIpc) is 3.41. The number of rotatable bonds is 5. The molecule has 0 radical (unpaired) electrons. The summed E-state index contributed by atoms with van der Waals surface area (Å²) in [7, 11) is 1.86. The molecular weight excluding hydrogens is 471 g/mol. The Balaban J connectivity index is 1.69. The van der Waals surface area contributed by atoms with Gasteiger partial charge in [0.2, 0.25) is 0 Å². The van der Waals surface area contributed by atoms with E-state index in [4.69, 9.17) is 9.72 Å². The molecule has 5 aromatic rings. The maximum Gasteiger partial charge on any atom is 0.178 e. The normalized spacial score (nSPS) is 15.5. The minimum absolute atomic E-state index is 0.103. The van der Waals surface area contributed by atoms with Crippen molar-refractivity contribution < 1.29 is 13.9 Å². The number of carbonyl (C=O) groups excluding carboxylic acids is 1. The highest BCUT2D eigenvalue weighted by Crippen LogP contribution is 2.41. The highest BCUT2D eigenvalue weighted by molar-refractivity contribution is 6.08. The summed E-state index contributed by atoms with van der Waals surface area (Å²) in [4.78, 5) is 21.6. The zero-order chi connectivity index (χ0) is 25.7. The van der Waals surface area contributed by atoms with E-state index < -0.39 is 0 Å². The molecule has 5 heterocycles. The van der Waals surface area contributed by atoms with Crippen LogP contribution >= 0.6 is 0 Å². The lowest BCUT2D eigenvalue weighted by Gasteiger charge is -2.33. The zero-order valence-corrected chi connectivity index (χ0v) is 21.0. The first-order chi connectivity index (χ1) is 17.9. The van der Waals surface area contributed by atoms with Crippen molar-refractivity contribution in [1.82, 2.24) is 29.5 Å². The molecular formula is C28H27FN6O2. The van der Waals surface area contributed by atoms with Crippen LogP contribution in [0.2, 0.25) is 0 Å². The molecule has 4 aromatic heterocycles. The average molecular weight is 499 g/mol. The summed E-state index contributed by atoms with van der Waals surface area (Å²) in [6.07, 6.45) is 5.30. The van der Waals surface area contributed by atoms with Gasteiger partial charge < -0.3 is 9.30 Å². The van der Waals surface area contributed by atoms with Crippen molar-refractivity contribution in [2.45, 2.75) is 32.7 Å². The van der Waals surface area contributed by atoms with Crippen LogP contribution in [0.15, 0.2) is 48.8 Å². The van der Waals surface area contributed by atoms with Crippen LogP contribution in [0.4, 0.5) is 4.39 Å². The number of fused-ring (bicyclic) bond motifs is 3. The van der Waals surface area contributed by atoms with Crippen LogP contribution in [-0.4, -0.2) is 48.5 Å². The molecule has 8 nitrogen and oxygen atoms in total. The molecule has 0 N–H and O–H groups in total. The first kappa shape index (κ1) is 23.4. The van der Waals surface area contributed by atoms with Gasteiger partial charge in [0.15, 0.2) is 5.78 Å². The topological polar surface area (TPSA) is 87.7 Å². The molecule has 0 saturated carbocycles. The summed E-state index contributed by atoms with van der Waals surface area (Å²) in [5.74, 6) is -0.132. The number of pyridine rings is 2. The summed E-state index contributed by atoms with van der Waals surface area (Å²) < 4.78 is 23.7. The minimum atomic E-state index is -0.275. The molecule has 37 heavy (non-hydrogen) atoms. The van der Waals surface area contributed by atoms with Crippen LogP contribution < -0.4 is 0 Å². The molecule has 9 heteroatoms. The van der Waals surface area contributed by atoms with E-state index in [9.17, 15) is 9.18 Å². The van der Waals surface area contributed by atoms with Crippen LogP contribution in [0, 0.1) is 18.7 Å². The number of nitrogens with zero attached hydrogens (tertiary/aromatic N) is 6. The van der Waals surface area contributed by atoms with E-state index in [1.807, 2.05) is 38.4 Å². The van der Waals surface area contributed by atoms with Gasteiger partial charge in [0.1, 0.15) is 11.5 Å². The van der Waals surface area contributed by atoms with Crippen molar-refractivity contribution in [1.29, 1.82) is 0 Å². The molecule has 1 atom stereocenters. The smallest absolute Gasteiger partial charge is 0.178 e. The molecule has 1 fully saturated rings. The number of ether oxygens (including phenoxy) is 1. The van der Waals surface area contributed by atoms with E-state index in [-0.39, 0.29) is 23.6 Å². The highest BCUT2D eigenvalue weighted by atomic mass is 19.1. The maximum absolute atomic E-state index is 14.0. The Labute approximate surface area is 213 Å². The van der Waals surface area contributed by atoms with Crippen molar-refractivity contribution in [3.05, 3.63) is 71.6 Å². The molecule has 0 bridgehead atoms. The predicted octanol–water partition coefficient (Wildman–Crippen LogP) is 5.05. The number of hydrogen-bond donors (Lipinski definition) is 0. The van der Waals surface area contributed by atoms with Gasteiger partial charge in [-0.05, 0) is 55.5 Å². The van der Waals surface area contributed by atoms with Gasteiger partial charge in [-0.1, -0.05) is 17.3 Å². The molecule has 6 rings (SSSR count). The van der Waals surface area contributed by atoms with E-state index in [0.717, 1.165) is 57.3 Å². The van der Waals surface area contributed by atoms with Crippen LogP contribution in [0.1, 0.15) is 47.6 Å². The Morgan fingerprint density at radius 1 is 1.08 bits per heavy atom. The van der Waals surface area contributed by atoms with E-state index >= 15 is 0 Å². The lowest BCUT2D eigenvalue weighted by Crippen LogP contribution is -2.27. The predicted molar refractivity (Wildman–Crippen MR) is 138 cm³/mol. The lowest BCUT2D eigenvalue weighted by atomic mass is 9.86. The van der Waals surface area contributed by atoms with E-state index in [1.54, 1.807) is 10.9 Å². The fourth-order valence-electron chi connectivity index (χ4n) is 5.60. The third-order valence-corrected chi connectivity index (χ3v) is 7.36. The molecule has 1 aromatic carbocycles. The largest absolute Gasteiger partial charge is 0.381 e. The van der Waals surface area contributed by atoms with Crippen LogP contribution in [-0.2, 0) is 11.8 Å². The van der Waals surface area contributed by atoms with Gasteiger partial charge >= 0.3 is 0 Å². The van der Waals surface area contributed by atoms with Crippen molar-refractivity contribution in [3.63, 3.8) is 0 Å². The zero-order valence-electron chi connectivity index (χ0n) is 21.0. The van der Waals surface area contributed by atoms with Gasteiger partial charge in [0, 0.05) is 50.5 Å². The molecule has 0 amide bonds. The number of aromatic nitrogens is 6. The van der Waals surface area contributed by atoms with Crippen molar-refractivity contribution >= 4 is 27.7 Å². The molecule has 188 valence electrons. The third-order valence-electron chi connectivity index (χ3n) is 7.36. The fraction of sp³-hybridized carbons (Fsp3) is 0.321. The Morgan fingerprint density at radius 3 is 2.51 bits per heavy atom. The second kappa shape index (κ2) is 9.15. The van der Waals surface area contributed by atoms with Crippen molar-refractivity contribution in [2.75, 3.05) is 13.2 Å². The van der Waals surface area contributed by atoms with Gasteiger partial charge in [0.25, 0.3) is 0 Å². The Bertz CT molecular complexity index is 1610. The van der Waals surface area contributed by atoms with E-state index in [2.05, 4.69) is 25.9 Å². The Hall–Kier alpha value is -3.98. The third kappa shape index (κ3) is 3.99. The van der Waals surface area contributed by atoms with Crippen LogP contribution in [0.5, 0.6) is 0 Å². The highest BCUT2D eigenvalue weighted by Gasteiger charge is 2.31. The van der Waals surface area contributed by atoms with Crippen molar-refractivity contribution in [2.24, 2.45) is 13.0 Å². The van der Waals surface area contributed by atoms with Gasteiger partial charge in [-0.3, -0.25) is 14.8 Å². The van der Waals surface area contributed by atoms with Gasteiger partial charge in [-0.2, -0.15) is 0 Å². The molecule has 0 unspecified atom stereocenters. The first-order valence-electron chi connectivity index (χ1n) is 12.4.